The maximum Gasteiger partial charge on any atom is 0.414 e. The number of halogens is 1. The van der Waals surface area contributed by atoms with Crippen molar-refractivity contribution in [1.29, 1.82) is 0 Å². The Bertz CT molecular complexity index is 1020. The average molecular weight is 396 g/mol. The molecule has 0 aliphatic carbocycles. The van der Waals surface area contributed by atoms with Crippen molar-refractivity contribution < 1.29 is 13.9 Å². The minimum atomic E-state index is -0.520. The summed E-state index contributed by atoms with van der Waals surface area (Å²) in [5.41, 5.74) is 14.4. The highest BCUT2D eigenvalue weighted by Crippen LogP contribution is 2.29. The SMILES string of the molecule is NCc1ccc(-c2ccc(N3C[C@H](Cn4cc(CN)nn4)OC3=O)cc2F)cc1. The summed E-state index contributed by atoms with van der Waals surface area (Å²) in [6.45, 7) is 1.36. The van der Waals surface area contributed by atoms with Crippen molar-refractivity contribution in [3.63, 3.8) is 0 Å². The standard InChI is InChI=1S/C20H21FN6O2/c21-19-7-16(5-6-18(19)14-3-1-13(8-22)2-4-14)27-12-17(29-20(27)28)11-26-10-15(9-23)24-25-26/h1-7,10,17H,8-9,11-12,22-23H2/t17-/m0/s1. The first-order valence-electron chi connectivity index (χ1n) is 9.23. The van der Waals surface area contributed by atoms with E-state index in [0.717, 1.165) is 11.1 Å². The highest BCUT2D eigenvalue weighted by molar-refractivity contribution is 5.90. The molecule has 0 unspecified atom stereocenters. The minimum absolute atomic E-state index is 0.289. The molecule has 0 spiro atoms. The van der Waals surface area contributed by atoms with Crippen LogP contribution in [0.25, 0.3) is 11.1 Å². The van der Waals surface area contributed by atoms with E-state index in [-0.39, 0.29) is 6.54 Å². The van der Waals surface area contributed by atoms with Gasteiger partial charge in [-0.25, -0.2) is 13.9 Å². The molecule has 4 rings (SSSR count). The van der Waals surface area contributed by atoms with Crippen LogP contribution in [0.4, 0.5) is 14.9 Å². The number of carbonyl (C=O) groups is 1. The molecule has 1 saturated heterocycles. The number of nitrogens with two attached hydrogens (primary N) is 2. The maximum atomic E-state index is 14.7. The average Bonchev–Trinajstić information content (AvgIpc) is 3.34. The van der Waals surface area contributed by atoms with Gasteiger partial charge in [-0.3, -0.25) is 4.90 Å². The van der Waals surface area contributed by atoms with E-state index in [0.29, 0.717) is 36.6 Å². The van der Waals surface area contributed by atoms with Crippen LogP contribution in [0.15, 0.2) is 48.7 Å². The first-order chi connectivity index (χ1) is 14.1. The smallest absolute Gasteiger partial charge is 0.414 e. The van der Waals surface area contributed by atoms with Crippen molar-refractivity contribution in [1.82, 2.24) is 15.0 Å². The van der Waals surface area contributed by atoms with Gasteiger partial charge in [0.1, 0.15) is 11.9 Å². The normalized spacial score (nSPS) is 16.3. The van der Waals surface area contributed by atoms with Gasteiger partial charge in [0.05, 0.1) is 24.5 Å². The lowest BCUT2D eigenvalue weighted by atomic mass is 10.0. The molecule has 8 nitrogen and oxygen atoms in total. The summed E-state index contributed by atoms with van der Waals surface area (Å²) in [6, 6.07) is 12.1. The summed E-state index contributed by atoms with van der Waals surface area (Å²) in [4.78, 5) is 13.7. The number of anilines is 1. The molecule has 2 heterocycles. The first kappa shape index (κ1) is 19.0. The van der Waals surface area contributed by atoms with E-state index < -0.39 is 18.0 Å². The second-order valence-electron chi connectivity index (χ2n) is 6.82. The fourth-order valence-electron chi connectivity index (χ4n) is 3.28. The van der Waals surface area contributed by atoms with E-state index in [2.05, 4.69) is 10.3 Å². The predicted octanol–water partition coefficient (Wildman–Crippen LogP) is 2.03. The number of aromatic nitrogens is 3. The van der Waals surface area contributed by atoms with Crippen LogP contribution in [0.1, 0.15) is 11.3 Å². The van der Waals surface area contributed by atoms with Crippen LogP contribution in [0.2, 0.25) is 0 Å². The van der Waals surface area contributed by atoms with E-state index in [1.165, 1.54) is 11.0 Å². The lowest BCUT2D eigenvalue weighted by molar-refractivity contribution is 0.129. The molecule has 1 aromatic heterocycles. The summed E-state index contributed by atoms with van der Waals surface area (Å²) in [7, 11) is 0. The van der Waals surface area contributed by atoms with Gasteiger partial charge < -0.3 is 16.2 Å². The molecule has 3 aromatic rings. The molecule has 1 atom stereocenters. The Morgan fingerprint density at radius 1 is 1.14 bits per heavy atom. The number of hydrogen-bond acceptors (Lipinski definition) is 6. The third-order valence-corrected chi connectivity index (χ3v) is 4.82. The van der Waals surface area contributed by atoms with E-state index in [9.17, 15) is 9.18 Å². The van der Waals surface area contributed by atoms with Crippen molar-refractivity contribution >= 4 is 11.8 Å². The number of nitrogens with zero attached hydrogens (tertiary/aromatic N) is 4. The fraction of sp³-hybridized carbons (Fsp3) is 0.250. The van der Waals surface area contributed by atoms with Crippen molar-refractivity contribution in [2.75, 3.05) is 11.4 Å². The lowest BCUT2D eigenvalue weighted by Gasteiger charge is -2.14. The van der Waals surface area contributed by atoms with Gasteiger partial charge in [0.15, 0.2) is 0 Å². The molecule has 1 aliphatic rings. The second kappa shape index (κ2) is 7.98. The van der Waals surface area contributed by atoms with Crippen LogP contribution in [0.5, 0.6) is 0 Å². The number of benzene rings is 2. The van der Waals surface area contributed by atoms with Gasteiger partial charge in [0.2, 0.25) is 0 Å². The van der Waals surface area contributed by atoms with Crippen LogP contribution in [-0.4, -0.2) is 33.7 Å². The van der Waals surface area contributed by atoms with E-state index >= 15 is 0 Å². The Kier molecular flexibility index (Phi) is 5.24. The number of amides is 1. The third kappa shape index (κ3) is 3.96. The van der Waals surface area contributed by atoms with Crippen molar-refractivity contribution in [2.45, 2.75) is 25.7 Å². The quantitative estimate of drug-likeness (QED) is 0.659. The van der Waals surface area contributed by atoms with E-state index in [4.69, 9.17) is 16.2 Å². The van der Waals surface area contributed by atoms with Gasteiger partial charge in [-0.2, -0.15) is 0 Å². The molecule has 29 heavy (non-hydrogen) atoms. The molecule has 1 fully saturated rings. The Labute approximate surface area is 166 Å². The molecule has 9 heteroatoms. The van der Waals surface area contributed by atoms with Gasteiger partial charge in [-0.15, -0.1) is 5.10 Å². The maximum absolute atomic E-state index is 14.7. The molecule has 2 aromatic carbocycles. The van der Waals surface area contributed by atoms with Crippen LogP contribution >= 0.6 is 0 Å². The Balaban J connectivity index is 1.49. The van der Waals surface area contributed by atoms with E-state index in [1.54, 1.807) is 23.0 Å². The predicted molar refractivity (Wildman–Crippen MR) is 105 cm³/mol. The Hall–Kier alpha value is -3.30. The number of ether oxygens (including phenoxy) is 1. The topological polar surface area (TPSA) is 112 Å². The van der Waals surface area contributed by atoms with Crippen molar-refractivity contribution in [3.05, 3.63) is 65.7 Å². The second-order valence-corrected chi connectivity index (χ2v) is 6.82. The molecule has 4 N–H and O–H groups in total. The number of carbonyl (C=O) groups excluding carboxylic acids is 1. The molecular weight excluding hydrogens is 375 g/mol. The summed E-state index contributed by atoms with van der Waals surface area (Å²) in [6.07, 6.45) is 0.774. The molecule has 0 radical (unpaired) electrons. The van der Waals surface area contributed by atoms with Gasteiger partial charge in [0.25, 0.3) is 0 Å². The zero-order valence-corrected chi connectivity index (χ0v) is 15.7. The fourth-order valence-corrected chi connectivity index (χ4v) is 3.28. The van der Waals surface area contributed by atoms with Crippen LogP contribution in [0, 0.1) is 5.82 Å². The summed E-state index contributed by atoms with van der Waals surface area (Å²) in [5, 5.41) is 7.87. The zero-order chi connectivity index (χ0) is 20.4. The van der Waals surface area contributed by atoms with Crippen LogP contribution in [0.3, 0.4) is 0 Å². The number of rotatable bonds is 6. The number of hydrogen-bond donors (Lipinski definition) is 2. The van der Waals surface area contributed by atoms with Crippen LogP contribution < -0.4 is 16.4 Å². The highest BCUT2D eigenvalue weighted by Gasteiger charge is 2.33. The first-order valence-corrected chi connectivity index (χ1v) is 9.23. The van der Waals surface area contributed by atoms with Gasteiger partial charge in [-0.05, 0) is 29.3 Å². The minimum Gasteiger partial charge on any atom is -0.442 e. The van der Waals surface area contributed by atoms with E-state index in [1.807, 2.05) is 24.3 Å². The molecule has 0 saturated carbocycles. The number of cyclic esters (lactones) is 1. The van der Waals surface area contributed by atoms with Crippen LogP contribution in [-0.2, 0) is 24.4 Å². The molecular formula is C20H21FN6O2. The molecule has 1 amide bonds. The monoisotopic (exact) mass is 396 g/mol. The highest BCUT2D eigenvalue weighted by atomic mass is 19.1. The third-order valence-electron chi connectivity index (χ3n) is 4.82. The largest absolute Gasteiger partial charge is 0.442 e. The van der Waals surface area contributed by atoms with Crippen molar-refractivity contribution in [3.8, 4) is 11.1 Å². The summed E-state index contributed by atoms with van der Waals surface area (Å²) in [5.74, 6) is -0.414. The van der Waals surface area contributed by atoms with Crippen molar-refractivity contribution in [2.24, 2.45) is 11.5 Å². The Morgan fingerprint density at radius 3 is 2.59 bits per heavy atom. The summed E-state index contributed by atoms with van der Waals surface area (Å²) >= 11 is 0. The summed E-state index contributed by atoms with van der Waals surface area (Å²) < 4.78 is 21.7. The Morgan fingerprint density at radius 2 is 1.93 bits per heavy atom. The molecule has 0 bridgehead atoms. The molecule has 150 valence electrons. The van der Waals surface area contributed by atoms with Gasteiger partial charge in [-0.1, -0.05) is 29.5 Å². The van der Waals surface area contributed by atoms with Gasteiger partial charge in [0, 0.05) is 24.8 Å². The lowest BCUT2D eigenvalue weighted by Crippen LogP contribution is -2.26. The zero-order valence-electron chi connectivity index (χ0n) is 15.7. The van der Waals surface area contributed by atoms with Gasteiger partial charge >= 0.3 is 6.09 Å². The molecule has 1 aliphatic heterocycles.